The lowest BCUT2D eigenvalue weighted by Crippen LogP contribution is -2.53. The highest BCUT2D eigenvalue weighted by Crippen LogP contribution is 2.28. The number of carbonyl (C=O) groups excluding carboxylic acids is 1. The smallest absolute Gasteiger partial charge is 0.356 e. The zero-order valence-electron chi connectivity index (χ0n) is 11.4. The Morgan fingerprint density at radius 2 is 2.40 bits per heavy atom. The fourth-order valence-electron chi connectivity index (χ4n) is 2.56. The van der Waals surface area contributed by atoms with Crippen LogP contribution in [0, 0.1) is 0 Å². The van der Waals surface area contributed by atoms with E-state index in [1.54, 1.807) is 12.3 Å². The Labute approximate surface area is 116 Å². The topological polar surface area (TPSA) is 73.8 Å². The molecule has 1 aromatic heterocycles. The molecule has 3 rings (SSSR count). The summed E-state index contributed by atoms with van der Waals surface area (Å²) in [5.74, 6) is 0.0725. The molecule has 0 aliphatic carbocycles. The standard InChI is InChI=1S/C13H17N3O4/c1-18-11(17)10-2-4-14-12(15-10)16-5-7-20-13(8-16)3-6-19-9-13/h2,4H,3,5-9H2,1H3. The molecule has 7 nitrogen and oxygen atoms in total. The number of rotatable bonds is 2. The van der Waals surface area contributed by atoms with Crippen LogP contribution in [0.2, 0.25) is 0 Å². The van der Waals surface area contributed by atoms with E-state index >= 15 is 0 Å². The lowest BCUT2D eigenvalue weighted by Gasteiger charge is -2.39. The molecule has 20 heavy (non-hydrogen) atoms. The molecular weight excluding hydrogens is 262 g/mol. The zero-order valence-corrected chi connectivity index (χ0v) is 11.4. The van der Waals surface area contributed by atoms with E-state index in [0.29, 0.717) is 32.3 Å². The number of anilines is 1. The second-order valence-electron chi connectivity index (χ2n) is 4.99. The number of esters is 1. The maximum absolute atomic E-state index is 11.5. The van der Waals surface area contributed by atoms with Gasteiger partial charge in [-0.05, 0) is 6.07 Å². The van der Waals surface area contributed by atoms with Gasteiger partial charge in [-0.25, -0.2) is 14.8 Å². The van der Waals surface area contributed by atoms with Crippen LogP contribution < -0.4 is 4.90 Å². The van der Waals surface area contributed by atoms with E-state index in [4.69, 9.17) is 9.47 Å². The largest absolute Gasteiger partial charge is 0.464 e. The Morgan fingerprint density at radius 3 is 3.15 bits per heavy atom. The van der Waals surface area contributed by atoms with Crippen molar-refractivity contribution in [2.75, 3.05) is 44.9 Å². The first-order chi connectivity index (χ1) is 9.72. The van der Waals surface area contributed by atoms with E-state index in [1.165, 1.54) is 7.11 Å². The molecule has 2 aliphatic rings. The van der Waals surface area contributed by atoms with Crippen molar-refractivity contribution in [3.8, 4) is 0 Å². The van der Waals surface area contributed by atoms with Crippen molar-refractivity contribution in [3.63, 3.8) is 0 Å². The van der Waals surface area contributed by atoms with Gasteiger partial charge in [0, 0.05) is 25.8 Å². The summed E-state index contributed by atoms with van der Waals surface area (Å²) < 4.78 is 16.0. The highest BCUT2D eigenvalue weighted by atomic mass is 16.6. The monoisotopic (exact) mass is 279 g/mol. The molecule has 0 bridgehead atoms. The molecule has 2 saturated heterocycles. The van der Waals surface area contributed by atoms with Gasteiger partial charge in [-0.3, -0.25) is 0 Å². The minimum absolute atomic E-state index is 0.261. The summed E-state index contributed by atoms with van der Waals surface area (Å²) in [6.07, 6.45) is 2.45. The fourth-order valence-corrected chi connectivity index (χ4v) is 2.56. The molecule has 0 saturated carbocycles. The van der Waals surface area contributed by atoms with Gasteiger partial charge in [0.2, 0.25) is 5.95 Å². The normalized spacial score (nSPS) is 25.9. The third-order valence-electron chi connectivity index (χ3n) is 3.64. The predicted octanol–water partition coefficient (Wildman–Crippen LogP) is 0.259. The summed E-state index contributed by atoms with van der Waals surface area (Å²) in [6, 6.07) is 1.55. The van der Waals surface area contributed by atoms with E-state index in [-0.39, 0.29) is 11.3 Å². The summed E-state index contributed by atoms with van der Waals surface area (Å²) in [7, 11) is 1.34. The number of ether oxygens (including phenoxy) is 3. The predicted molar refractivity (Wildman–Crippen MR) is 69.7 cm³/mol. The third-order valence-corrected chi connectivity index (χ3v) is 3.64. The number of carbonyl (C=O) groups is 1. The summed E-state index contributed by atoms with van der Waals surface area (Å²) >= 11 is 0. The molecule has 0 amide bonds. The number of methoxy groups -OCH3 is 1. The molecule has 1 spiro atoms. The van der Waals surface area contributed by atoms with Crippen LogP contribution in [-0.4, -0.2) is 61.6 Å². The van der Waals surface area contributed by atoms with Gasteiger partial charge in [0.15, 0.2) is 5.69 Å². The van der Waals surface area contributed by atoms with E-state index in [0.717, 1.165) is 13.0 Å². The molecule has 0 aromatic carbocycles. The van der Waals surface area contributed by atoms with Crippen molar-refractivity contribution in [2.45, 2.75) is 12.0 Å². The van der Waals surface area contributed by atoms with Crippen molar-refractivity contribution in [1.29, 1.82) is 0 Å². The molecule has 7 heteroatoms. The lowest BCUT2D eigenvalue weighted by atomic mass is 10.0. The molecule has 1 atom stereocenters. The Morgan fingerprint density at radius 1 is 1.50 bits per heavy atom. The Bertz CT molecular complexity index is 502. The van der Waals surface area contributed by atoms with Gasteiger partial charge in [0.1, 0.15) is 5.60 Å². The molecule has 2 fully saturated rings. The van der Waals surface area contributed by atoms with Gasteiger partial charge in [0.25, 0.3) is 0 Å². The molecule has 3 heterocycles. The quantitative estimate of drug-likeness (QED) is 0.719. The average molecular weight is 279 g/mol. The van der Waals surface area contributed by atoms with Gasteiger partial charge in [0.05, 0.1) is 26.9 Å². The van der Waals surface area contributed by atoms with Crippen LogP contribution in [0.4, 0.5) is 5.95 Å². The molecule has 1 unspecified atom stereocenters. The molecule has 2 aliphatic heterocycles. The van der Waals surface area contributed by atoms with Crippen LogP contribution in [0.1, 0.15) is 16.9 Å². The minimum atomic E-state index is -0.458. The first-order valence-electron chi connectivity index (χ1n) is 6.60. The lowest BCUT2D eigenvalue weighted by molar-refractivity contribution is -0.0583. The van der Waals surface area contributed by atoms with E-state index in [9.17, 15) is 4.79 Å². The Kier molecular flexibility index (Phi) is 3.54. The number of hydrogen-bond donors (Lipinski definition) is 0. The Balaban J connectivity index is 1.80. The maximum Gasteiger partial charge on any atom is 0.356 e. The number of aromatic nitrogens is 2. The molecule has 0 N–H and O–H groups in total. The second kappa shape index (κ2) is 5.34. The summed E-state index contributed by atoms with van der Waals surface area (Å²) in [5.41, 5.74) is 0.00352. The SMILES string of the molecule is COC(=O)c1ccnc(N2CCOC3(CCOC3)C2)n1. The van der Waals surface area contributed by atoms with Crippen LogP contribution in [0.3, 0.4) is 0 Å². The fraction of sp³-hybridized carbons (Fsp3) is 0.615. The van der Waals surface area contributed by atoms with Gasteiger partial charge in [-0.2, -0.15) is 0 Å². The minimum Gasteiger partial charge on any atom is -0.464 e. The van der Waals surface area contributed by atoms with Crippen molar-refractivity contribution >= 4 is 11.9 Å². The van der Waals surface area contributed by atoms with Crippen molar-refractivity contribution in [1.82, 2.24) is 9.97 Å². The Hall–Kier alpha value is -1.73. The molecule has 108 valence electrons. The third kappa shape index (κ3) is 2.46. The van der Waals surface area contributed by atoms with Crippen molar-refractivity contribution in [2.24, 2.45) is 0 Å². The van der Waals surface area contributed by atoms with Crippen molar-refractivity contribution < 1.29 is 19.0 Å². The van der Waals surface area contributed by atoms with Crippen molar-refractivity contribution in [3.05, 3.63) is 18.0 Å². The van der Waals surface area contributed by atoms with E-state index < -0.39 is 5.97 Å². The molecule has 0 radical (unpaired) electrons. The van der Waals surface area contributed by atoms with Gasteiger partial charge in [-0.15, -0.1) is 0 Å². The molecular formula is C13H17N3O4. The van der Waals surface area contributed by atoms with Gasteiger partial charge >= 0.3 is 5.97 Å². The second-order valence-corrected chi connectivity index (χ2v) is 4.99. The van der Waals surface area contributed by atoms with Gasteiger partial charge in [-0.1, -0.05) is 0 Å². The summed E-state index contributed by atoms with van der Waals surface area (Å²) in [6.45, 7) is 3.30. The maximum atomic E-state index is 11.5. The first kappa shape index (κ1) is 13.3. The number of morpholine rings is 1. The number of nitrogens with zero attached hydrogens (tertiary/aromatic N) is 3. The van der Waals surface area contributed by atoms with Gasteiger partial charge < -0.3 is 19.1 Å². The van der Waals surface area contributed by atoms with Crippen LogP contribution in [0.15, 0.2) is 12.3 Å². The highest BCUT2D eigenvalue weighted by Gasteiger charge is 2.41. The summed E-state index contributed by atoms with van der Waals surface area (Å²) in [4.78, 5) is 22.1. The van der Waals surface area contributed by atoms with Crippen LogP contribution in [-0.2, 0) is 14.2 Å². The average Bonchev–Trinajstić information content (AvgIpc) is 2.94. The summed E-state index contributed by atoms with van der Waals surface area (Å²) in [5, 5.41) is 0. The first-order valence-corrected chi connectivity index (χ1v) is 6.60. The van der Waals surface area contributed by atoms with E-state index in [2.05, 4.69) is 14.7 Å². The molecule has 1 aromatic rings. The van der Waals surface area contributed by atoms with Crippen LogP contribution in [0.25, 0.3) is 0 Å². The highest BCUT2D eigenvalue weighted by molar-refractivity contribution is 5.87. The van der Waals surface area contributed by atoms with Crippen LogP contribution >= 0.6 is 0 Å². The van der Waals surface area contributed by atoms with E-state index in [1.807, 2.05) is 4.90 Å². The number of hydrogen-bond acceptors (Lipinski definition) is 7. The zero-order chi connectivity index (χ0) is 14.0. The van der Waals surface area contributed by atoms with Crippen LogP contribution in [0.5, 0.6) is 0 Å².